The largest absolute Gasteiger partial charge is 0.497 e. The second-order valence-electron chi connectivity index (χ2n) is 9.40. The molecule has 3 rings (SSSR count). The molecule has 1 heterocycles. The summed E-state index contributed by atoms with van der Waals surface area (Å²) >= 11 is 3.55. The van der Waals surface area contributed by atoms with E-state index in [-0.39, 0.29) is 17.8 Å². The van der Waals surface area contributed by atoms with E-state index in [1.807, 2.05) is 57.2 Å². The standard InChI is InChI=1S/C26H33BrN4O3/c1-6-8-22(25(32)34-26(2,3)4)23(16-19-9-7-10-20(27)15-19)24-28-30-31(29-24)17-18-11-13-21(33-5)14-12-18/h7,9-15,22-23H,6,8,16-17H2,1-5H3/t22-,23-/m0/s1. The molecule has 182 valence electrons. The maximum absolute atomic E-state index is 13.3. The predicted molar refractivity (Wildman–Crippen MR) is 135 cm³/mol. The molecule has 0 unspecified atom stereocenters. The summed E-state index contributed by atoms with van der Waals surface area (Å²) in [4.78, 5) is 14.8. The molecule has 0 aliphatic carbocycles. The summed E-state index contributed by atoms with van der Waals surface area (Å²) in [6.07, 6.45) is 2.14. The van der Waals surface area contributed by atoms with Gasteiger partial charge in [-0.1, -0.05) is 53.5 Å². The number of hydrogen-bond donors (Lipinski definition) is 0. The normalized spacial score (nSPS) is 13.4. The van der Waals surface area contributed by atoms with Crippen LogP contribution in [0.5, 0.6) is 5.75 Å². The van der Waals surface area contributed by atoms with Crippen LogP contribution in [-0.4, -0.2) is 38.9 Å². The molecular weight excluding hydrogens is 496 g/mol. The van der Waals surface area contributed by atoms with E-state index >= 15 is 0 Å². The van der Waals surface area contributed by atoms with Crippen LogP contribution in [0.25, 0.3) is 0 Å². The summed E-state index contributed by atoms with van der Waals surface area (Å²) in [7, 11) is 1.64. The van der Waals surface area contributed by atoms with Crippen molar-refractivity contribution in [1.82, 2.24) is 20.2 Å². The Hall–Kier alpha value is -2.74. The molecule has 2 aromatic carbocycles. The Bertz CT molecular complexity index is 1080. The minimum absolute atomic E-state index is 0.221. The number of esters is 1. The first-order chi connectivity index (χ1) is 16.2. The number of aromatic nitrogens is 4. The van der Waals surface area contributed by atoms with Crippen molar-refractivity contribution in [1.29, 1.82) is 0 Å². The Morgan fingerprint density at radius 1 is 1.12 bits per heavy atom. The topological polar surface area (TPSA) is 79.1 Å². The Morgan fingerprint density at radius 2 is 1.85 bits per heavy atom. The third-order valence-electron chi connectivity index (χ3n) is 5.42. The quantitative estimate of drug-likeness (QED) is 0.319. The van der Waals surface area contributed by atoms with Crippen molar-refractivity contribution in [2.24, 2.45) is 5.92 Å². The highest BCUT2D eigenvalue weighted by atomic mass is 79.9. The zero-order valence-electron chi connectivity index (χ0n) is 20.5. The smallest absolute Gasteiger partial charge is 0.310 e. The summed E-state index contributed by atoms with van der Waals surface area (Å²) < 4.78 is 12.0. The van der Waals surface area contributed by atoms with Crippen LogP contribution in [0.1, 0.15) is 63.4 Å². The molecule has 1 aromatic heterocycles. The first-order valence-electron chi connectivity index (χ1n) is 11.6. The number of hydrogen-bond acceptors (Lipinski definition) is 6. The lowest BCUT2D eigenvalue weighted by atomic mass is 9.83. The maximum atomic E-state index is 13.3. The highest BCUT2D eigenvalue weighted by molar-refractivity contribution is 9.10. The Kier molecular flexibility index (Phi) is 8.83. The van der Waals surface area contributed by atoms with Crippen molar-refractivity contribution in [2.45, 2.75) is 65.0 Å². The van der Waals surface area contributed by atoms with Crippen LogP contribution in [0.15, 0.2) is 53.0 Å². The third kappa shape index (κ3) is 7.38. The number of tetrazole rings is 1. The second kappa shape index (κ2) is 11.6. The number of methoxy groups -OCH3 is 1. The van der Waals surface area contributed by atoms with Gasteiger partial charge in [0.25, 0.3) is 0 Å². The molecule has 2 atom stereocenters. The van der Waals surface area contributed by atoms with Gasteiger partial charge in [0.1, 0.15) is 11.4 Å². The molecular formula is C26H33BrN4O3. The van der Waals surface area contributed by atoms with E-state index in [1.165, 1.54) is 0 Å². The monoisotopic (exact) mass is 528 g/mol. The summed E-state index contributed by atoms with van der Waals surface area (Å²) in [5.41, 5.74) is 1.56. The maximum Gasteiger partial charge on any atom is 0.310 e. The SMILES string of the molecule is CCC[C@H](C(=O)OC(C)(C)C)[C@H](Cc1cccc(Br)c1)c1nnn(Cc2ccc(OC)cc2)n1. The van der Waals surface area contributed by atoms with Crippen LogP contribution in [0.4, 0.5) is 0 Å². The molecule has 0 saturated heterocycles. The minimum atomic E-state index is -0.567. The molecule has 7 nitrogen and oxygen atoms in total. The first kappa shape index (κ1) is 25.9. The molecule has 0 N–H and O–H groups in total. The van der Waals surface area contributed by atoms with Gasteiger partial charge < -0.3 is 9.47 Å². The van der Waals surface area contributed by atoms with Gasteiger partial charge >= 0.3 is 5.97 Å². The van der Waals surface area contributed by atoms with Gasteiger partial charge in [-0.3, -0.25) is 4.79 Å². The van der Waals surface area contributed by atoms with Crippen LogP contribution in [0.3, 0.4) is 0 Å². The van der Waals surface area contributed by atoms with Gasteiger partial charge in [0.2, 0.25) is 0 Å². The van der Waals surface area contributed by atoms with Gasteiger partial charge in [-0.2, -0.15) is 4.80 Å². The van der Waals surface area contributed by atoms with Crippen molar-refractivity contribution in [3.05, 3.63) is 70.0 Å². The highest BCUT2D eigenvalue weighted by Crippen LogP contribution is 2.32. The number of halogens is 1. The number of rotatable bonds is 10. The molecule has 3 aromatic rings. The molecule has 0 aliphatic heterocycles. The van der Waals surface area contributed by atoms with Gasteiger partial charge in [0.15, 0.2) is 5.82 Å². The molecule has 0 spiro atoms. The fourth-order valence-corrected chi connectivity index (χ4v) is 4.32. The minimum Gasteiger partial charge on any atom is -0.497 e. The average molecular weight is 529 g/mol. The summed E-state index contributed by atoms with van der Waals surface area (Å²) in [6.45, 7) is 8.22. The van der Waals surface area contributed by atoms with E-state index in [9.17, 15) is 4.79 Å². The highest BCUT2D eigenvalue weighted by Gasteiger charge is 2.35. The van der Waals surface area contributed by atoms with Gasteiger partial charge in [-0.25, -0.2) is 0 Å². The van der Waals surface area contributed by atoms with Crippen LogP contribution in [0, 0.1) is 5.92 Å². The molecule has 0 saturated carbocycles. The fourth-order valence-electron chi connectivity index (χ4n) is 3.87. The number of carbonyl (C=O) groups excluding carboxylic acids is 1. The van der Waals surface area contributed by atoms with Crippen LogP contribution >= 0.6 is 15.9 Å². The molecule has 0 bridgehead atoms. The number of carbonyl (C=O) groups is 1. The van der Waals surface area contributed by atoms with E-state index in [4.69, 9.17) is 14.6 Å². The van der Waals surface area contributed by atoms with E-state index in [0.717, 1.165) is 27.8 Å². The third-order valence-corrected chi connectivity index (χ3v) is 5.92. The Labute approximate surface area is 210 Å². The van der Waals surface area contributed by atoms with Crippen LogP contribution in [-0.2, 0) is 22.5 Å². The van der Waals surface area contributed by atoms with Crippen molar-refractivity contribution in [2.75, 3.05) is 7.11 Å². The lowest BCUT2D eigenvalue weighted by Crippen LogP contribution is -2.33. The number of nitrogens with zero attached hydrogens (tertiary/aromatic N) is 4. The fraction of sp³-hybridized carbons (Fsp3) is 0.462. The number of ether oxygens (including phenoxy) is 2. The van der Waals surface area contributed by atoms with Crippen molar-refractivity contribution < 1.29 is 14.3 Å². The van der Waals surface area contributed by atoms with Crippen LogP contribution < -0.4 is 4.74 Å². The van der Waals surface area contributed by atoms with E-state index < -0.39 is 5.60 Å². The van der Waals surface area contributed by atoms with Gasteiger partial charge in [-0.05, 0) is 74.2 Å². The predicted octanol–water partition coefficient (Wildman–Crippen LogP) is 5.58. The Morgan fingerprint density at radius 3 is 2.47 bits per heavy atom. The van der Waals surface area contributed by atoms with E-state index in [2.05, 4.69) is 45.3 Å². The molecule has 0 aliphatic rings. The molecule has 34 heavy (non-hydrogen) atoms. The summed E-state index contributed by atoms with van der Waals surface area (Å²) in [5, 5.41) is 13.4. The van der Waals surface area contributed by atoms with E-state index in [1.54, 1.807) is 11.9 Å². The molecule has 0 radical (unpaired) electrons. The van der Waals surface area contributed by atoms with Gasteiger partial charge in [-0.15, -0.1) is 10.2 Å². The number of benzene rings is 2. The van der Waals surface area contributed by atoms with Crippen molar-refractivity contribution in [3.63, 3.8) is 0 Å². The molecule has 8 heteroatoms. The zero-order chi connectivity index (χ0) is 24.7. The van der Waals surface area contributed by atoms with Crippen molar-refractivity contribution >= 4 is 21.9 Å². The average Bonchev–Trinajstić information content (AvgIpc) is 3.23. The summed E-state index contributed by atoms with van der Waals surface area (Å²) in [6, 6.07) is 15.9. The van der Waals surface area contributed by atoms with Crippen LogP contribution in [0.2, 0.25) is 0 Å². The molecule has 0 amide bonds. The van der Waals surface area contributed by atoms with Crippen molar-refractivity contribution in [3.8, 4) is 5.75 Å². The van der Waals surface area contributed by atoms with Gasteiger partial charge in [0, 0.05) is 10.4 Å². The van der Waals surface area contributed by atoms with Gasteiger partial charge in [0.05, 0.1) is 19.6 Å². The zero-order valence-corrected chi connectivity index (χ0v) is 22.1. The lowest BCUT2D eigenvalue weighted by molar-refractivity contribution is -0.161. The molecule has 0 fully saturated rings. The van der Waals surface area contributed by atoms with E-state index in [0.29, 0.717) is 25.2 Å². The summed E-state index contributed by atoms with van der Waals surface area (Å²) in [5.74, 6) is 0.499. The first-order valence-corrected chi connectivity index (χ1v) is 12.4. The second-order valence-corrected chi connectivity index (χ2v) is 10.3. The lowest BCUT2D eigenvalue weighted by Gasteiger charge is -2.28. The Balaban J connectivity index is 1.91.